The fourth-order valence-corrected chi connectivity index (χ4v) is 3.16. The van der Waals surface area contributed by atoms with Gasteiger partial charge in [-0.25, -0.2) is 0 Å². The van der Waals surface area contributed by atoms with Gasteiger partial charge in [-0.3, -0.25) is 4.79 Å². The lowest BCUT2D eigenvalue weighted by molar-refractivity contribution is -0.160. The summed E-state index contributed by atoms with van der Waals surface area (Å²) in [5.41, 5.74) is 1.09. The third kappa shape index (κ3) is 3.78. The van der Waals surface area contributed by atoms with Crippen LogP contribution in [0, 0.1) is 0 Å². The van der Waals surface area contributed by atoms with E-state index in [0.29, 0.717) is 26.4 Å². The Labute approximate surface area is 148 Å². The monoisotopic (exact) mass is 343 g/mol. The average Bonchev–Trinajstić information content (AvgIpc) is 2.66. The molecule has 0 spiro atoms. The molecule has 0 bridgehead atoms. The Morgan fingerprint density at radius 2 is 1.96 bits per heavy atom. The zero-order valence-electron chi connectivity index (χ0n) is 15.0. The maximum absolute atomic E-state index is 12.9. The number of methoxy groups -OCH3 is 1. The first kappa shape index (κ1) is 17.7. The topological polar surface area (TPSA) is 48.0 Å². The fourth-order valence-electron chi connectivity index (χ4n) is 3.16. The normalized spacial score (nSPS) is 17.7. The van der Waals surface area contributed by atoms with Gasteiger partial charge in [0.15, 0.2) is 6.10 Å². The van der Waals surface area contributed by atoms with Crippen LogP contribution in [0.15, 0.2) is 36.4 Å². The Kier molecular flexibility index (Phi) is 5.56. The number of hydrogen-bond donors (Lipinski definition) is 0. The summed E-state index contributed by atoms with van der Waals surface area (Å²) in [5.74, 6) is 0.820. The van der Waals surface area contributed by atoms with Crippen molar-refractivity contribution in [2.75, 3.05) is 26.9 Å². The molecule has 1 fully saturated rings. The summed E-state index contributed by atoms with van der Waals surface area (Å²) in [6.45, 7) is 5.91. The molecule has 1 aliphatic heterocycles. The molecule has 134 valence electrons. The van der Waals surface area contributed by atoms with Gasteiger partial charge in [0.25, 0.3) is 5.91 Å². The van der Waals surface area contributed by atoms with E-state index in [1.165, 1.54) is 0 Å². The Bertz CT molecular complexity index is 738. The summed E-state index contributed by atoms with van der Waals surface area (Å²) in [4.78, 5) is 14.8. The standard InChI is InChI=1S/C20H25NO4/c1-14(2)21(20(22)19-13-24-10-11-25-19)12-15-8-9-18(23-3)17-7-5-4-6-16(15)17/h4-9,14,19H,10-13H2,1-3H3. The number of nitrogens with zero attached hydrogens (tertiary/aromatic N) is 1. The molecule has 0 aliphatic carbocycles. The van der Waals surface area contributed by atoms with Gasteiger partial charge in [0, 0.05) is 18.0 Å². The summed E-state index contributed by atoms with van der Waals surface area (Å²) < 4.78 is 16.5. The smallest absolute Gasteiger partial charge is 0.254 e. The molecule has 1 unspecified atom stereocenters. The SMILES string of the molecule is COc1ccc(CN(C(=O)C2COCCO2)C(C)C)c2ccccc12. The maximum atomic E-state index is 12.9. The first-order chi connectivity index (χ1) is 12.1. The van der Waals surface area contributed by atoms with Crippen LogP contribution in [0.1, 0.15) is 19.4 Å². The molecule has 1 saturated heterocycles. The molecule has 0 saturated carbocycles. The van der Waals surface area contributed by atoms with Crippen LogP contribution in [0.4, 0.5) is 0 Å². The molecular weight excluding hydrogens is 318 g/mol. The van der Waals surface area contributed by atoms with E-state index in [9.17, 15) is 4.79 Å². The largest absolute Gasteiger partial charge is 0.496 e. The quantitative estimate of drug-likeness (QED) is 0.837. The minimum absolute atomic E-state index is 0.0189. The predicted octanol–water partition coefficient (Wildman–Crippen LogP) is 3.00. The molecule has 5 heteroatoms. The molecule has 0 N–H and O–H groups in total. The number of amides is 1. The molecular formula is C20H25NO4. The second-order valence-corrected chi connectivity index (χ2v) is 6.47. The van der Waals surface area contributed by atoms with E-state index in [-0.39, 0.29) is 11.9 Å². The van der Waals surface area contributed by atoms with Gasteiger partial charge in [-0.15, -0.1) is 0 Å². The molecule has 3 rings (SSSR count). The summed E-state index contributed by atoms with van der Waals surface area (Å²) >= 11 is 0. The van der Waals surface area contributed by atoms with E-state index in [0.717, 1.165) is 22.1 Å². The van der Waals surface area contributed by atoms with E-state index in [2.05, 4.69) is 6.07 Å². The van der Waals surface area contributed by atoms with Crippen LogP contribution in [0.5, 0.6) is 5.75 Å². The zero-order valence-corrected chi connectivity index (χ0v) is 15.0. The summed E-state index contributed by atoms with van der Waals surface area (Å²) in [7, 11) is 1.67. The van der Waals surface area contributed by atoms with E-state index >= 15 is 0 Å². The average molecular weight is 343 g/mol. The van der Waals surface area contributed by atoms with Crippen molar-refractivity contribution in [2.24, 2.45) is 0 Å². The lowest BCUT2D eigenvalue weighted by Crippen LogP contribution is -2.47. The minimum atomic E-state index is -0.513. The van der Waals surface area contributed by atoms with Crippen molar-refractivity contribution in [3.63, 3.8) is 0 Å². The lowest BCUT2D eigenvalue weighted by Gasteiger charge is -2.32. The van der Waals surface area contributed by atoms with Gasteiger partial charge in [0.1, 0.15) is 5.75 Å². The van der Waals surface area contributed by atoms with Gasteiger partial charge in [-0.1, -0.05) is 30.3 Å². The first-order valence-corrected chi connectivity index (χ1v) is 8.66. The van der Waals surface area contributed by atoms with Gasteiger partial charge >= 0.3 is 0 Å². The van der Waals surface area contributed by atoms with Crippen molar-refractivity contribution in [3.8, 4) is 5.75 Å². The zero-order chi connectivity index (χ0) is 17.8. The molecule has 0 aromatic heterocycles. The van der Waals surface area contributed by atoms with Crippen molar-refractivity contribution in [3.05, 3.63) is 42.0 Å². The van der Waals surface area contributed by atoms with Crippen LogP contribution in [0.3, 0.4) is 0 Å². The van der Waals surface area contributed by atoms with Crippen LogP contribution in [0.2, 0.25) is 0 Å². The van der Waals surface area contributed by atoms with E-state index in [1.54, 1.807) is 7.11 Å². The summed E-state index contributed by atoms with van der Waals surface area (Å²) in [6, 6.07) is 12.2. The highest BCUT2D eigenvalue weighted by Crippen LogP contribution is 2.29. The number of ether oxygens (including phenoxy) is 3. The van der Waals surface area contributed by atoms with Crippen LogP contribution < -0.4 is 4.74 Å². The van der Waals surface area contributed by atoms with Crippen LogP contribution in [-0.2, 0) is 20.8 Å². The van der Waals surface area contributed by atoms with Crippen molar-refractivity contribution >= 4 is 16.7 Å². The van der Waals surface area contributed by atoms with Crippen LogP contribution in [-0.4, -0.2) is 49.9 Å². The molecule has 1 aliphatic rings. The number of carbonyl (C=O) groups excluding carboxylic acids is 1. The van der Waals surface area contributed by atoms with E-state index in [1.807, 2.05) is 49.1 Å². The minimum Gasteiger partial charge on any atom is -0.496 e. The molecule has 1 amide bonds. The Hall–Kier alpha value is -2.11. The van der Waals surface area contributed by atoms with Crippen molar-refractivity contribution in [1.82, 2.24) is 4.90 Å². The molecule has 5 nitrogen and oxygen atoms in total. The van der Waals surface area contributed by atoms with Gasteiger partial charge in [-0.2, -0.15) is 0 Å². The first-order valence-electron chi connectivity index (χ1n) is 8.66. The van der Waals surface area contributed by atoms with Crippen LogP contribution in [0.25, 0.3) is 10.8 Å². The highest BCUT2D eigenvalue weighted by molar-refractivity contribution is 5.91. The van der Waals surface area contributed by atoms with E-state index < -0.39 is 6.10 Å². The van der Waals surface area contributed by atoms with E-state index in [4.69, 9.17) is 14.2 Å². The second kappa shape index (κ2) is 7.85. The highest BCUT2D eigenvalue weighted by atomic mass is 16.6. The van der Waals surface area contributed by atoms with Gasteiger partial charge in [0.05, 0.1) is 26.9 Å². The summed E-state index contributed by atoms with van der Waals surface area (Å²) in [6.07, 6.45) is -0.513. The summed E-state index contributed by atoms with van der Waals surface area (Å²) in [5, 5.41) is 2.15. The number of hydrogen-bond acceptors (Lipinski definition) is 4. The number of benzene rings is 2. The molecule has 2 aromatic rings. The maximum Gasteiger partial charge on any atom is 0.254 e. The van der Waals surface area contributed by atoms with Gasteiger partial charge < -0.3 is 19.1 Å². The molecule has 2 aromatic carbocycles. The molecule has 1 atom stereocenters. The van der Waals surface area contributed by atoms with Crippen molar-refractivity contribution in [1.29, 1.82) is 0 Å². The van der Waals surface area contributed by atoms with Crippen LogP contribution >= 0.6 is 0 Å². The number of fused-ring (bicyclic) bond motifs is 1. The molecule has 0 radical (unpaired) electrons. The van der Waals surface area contributed by atoms with Crippen molar-refractivity contribution in [2.45, 2.75) is 32.5 Å². The third-order valence-corrected chi connectivity index (χ3v) is 4.53. The molecule has 25 heavy (non-hydrogen) atoms. The molecule has 1 heterocycles. The highest BCUT2D eigenvalue weighted by Gasteiger charge is 2.29. The van der Waals surface area contributed by atoms with Crippen molar-refractivity contribution < 1.29 is 19.0 Å². The Balaban J connectivity index is 1.90. The van der Waals surface area contributed by atoms with Gasteiger partial charge in [-0.05, 0) is 30.9 Å². The predicted molar refractivity (Wildman–Crippen MR) is 96.7 cm³/mol. The van der Waals surface area contributed by atoms with Gasteiger partial charge in [0.2, 0.25) is 0 Å². The number of rotatable bonds is 5. The second-order valence-electron chi connectivity index (χ2n) is 6.47. The fraction of sp³-hybridized carbons (Fsp3) is 0.450. The number of carbonyl (C=O) groups is 1. The Morgan fingerprint density at radius 1 is 1.20 bits per heavy atom. The third-order valence-electron chi connectivity index (χ3n) is 4.53. The Morgan fingerprint density at radius 3 is 2.60 bits per heavy atom. The lowest BCUT2D eigenvalue weighted by atomic mass is 10.0.